The van der Waals surface area contributed by atoms with Crippen LogP contribution in [0.2, 0.25) is 0 Å². The third-order valence-corrected chi connectivity index (χ3v) is 1.79. The van der Waals surface area contributed by atoms with Crippen molar-refractivity contribution in [3.05, 3.63) is 29.6 Å². The number of aliphatic carboxylic acids is 1. The molecular formula is C10H11FO3. The van der Waals surface area contributed by atoms with Gasteiger partial charge in [-0.05, 0) is 37.6 Å². The van der Waals surface area contributed by atoms with Gasteiger partial charge in [-0.3, -0.25) is 0 Å². The van der Waals surface area contributed by atoms with Crippen molar-refractivity contribution < 1.29 is 19.0 Å². The average Bonchev–Trinajstić information content (AvgIpc) is 2.09. The zero-order valence-electron chi connectivity index (χ0n) is 7.95. The van der Waals surface area contributed by atoms with Gasteiger partial charge in [-0.1, -0.05) is 0 Å². The molecule has 0 saturated heterocycles. The number of carboxylic acid groups (broad SMARTS) is 1. The summed E-state index contributed by atoms with van der Waals surface area (Å²) in [4.78, 5) is 10.5. The molecule has 0 aliphatic rings. The fourth-order valence-electron chi connectivity index (χ4n) is 0.986. The van der Waals surface area contributed by atoms with Gasteiger partial charge in [0.1, 0.15) is 11.6 Å². The van der Waals surface area contributed by atoms with Crippen molar-refractivity contribution in [1.82, 2.24) is 0 Å². The molecule has 0 aromatic heterocycles. The first kappa shape index (κ1) is 10.5. The second kappa shape index (κ2) is 4.09. The summed E-state index contributed by atoms with van der Waals surface area (Å²) < 4.78 is 17.8. The van der Waals surface area contributed by atoms with E-state index in [4.69, 9.17) is 9.84 Å². The fraction of sp³-hybridized carbons (Fsp3) is 0.300. The Labute approximate surface area is 81.1 Å². The third-order valence-electron chi connectivity index (χ3n) is 1.79. The van der Waals surface area contributed by atoms with Crippen LogP contribution < -0.4 is 4.74 Å². The summed E-state index contributed by atoms with van der Waals surface area (Å²) in [6.07, 6.45) is -0.931. The molecule has 3 nitrogen and oxygen atoms in total. The number of ether oxygens (including phenoxy) is 1. The highest BCUT2D eigenvalue weighted by molar-refractivity contribution is 5.72. The van der Waals surface area contributed by atoms with E-state index in [9.17, 15) is 9.18 Å². The summed E-state index contributed by atoms with van der Waals surface area (Å²) in [5.41, 5.74) is 0.582. The molecule has 0 saturated carbocycles. The second-order valence-electron chi connectivity index (χ2n) is 3.01. The number of rotatable bonds is 3. The van der Waals surface area contributed by atoms with Gasteiger partial charge in [0.05, 0.1) is 0 Å². The Balaban J connectivity index is 2.82. The molecule has 0 spiro atoms. The van der Waals surface area contributed by atoms with Crippen molar-refractivity contribution in [2.75, 3.05) is 0 Å². The van der Waals surface area contributed by atoms with E-state index in [2.05, 4.69) is 0 Å². The topological polar surface area (TPSA) is 46.5 Å². The van der Waals surface area contributed by atoms with Crippen molar-refractivity contribution in [2.45, 2.75) is 20.0 Å². The molecular weight excluding hydrogens is 187 g/mol. The van der Waals surface area contributed by atoms with Crippen LogP contribution in [0.15, 0.2) is 18.2 Å². The number of carboxylic acids is 1. The first-order valence-corrected chi connectivity index (χ1v) is 4.16. The molecule has 0 unspecified atom stereocenters. The van der Waals surface area contributed by atoms with Crippen LogP contribution in [0.3, 0.4) is 0 Å². The Morgan fingerprint density at radius 2 is 2.21 bits per heavy atom. The van der Waals surface area contributed by atoms with Gasteiger partial charge >= 0.3 is 5.97 Å². The van der Waals surface area contributed by atoms with Crippen LogP contribution in [0, 0.1) is 12.7 Å². The van der Waals surface area contributed by atoms with Gasteiger partial charge < -0.3 is 9.84 Å². The number of hydrogen-bond acceptors (Lipinski definition) is 2. The molecule has 4 heteroatoms. The lowest BCUT2D eigenvalue weighted by Gasteiger charge is -2.12. The highest BCUT2D eigenvalue weighted by Gasteiger charge is 2.13. The van der Waals surface area contributed by atoms with E-state index in [1.54, 1.807) is 6.92 Å². The second-order valence-corrected chi connectivity index (χ2v) is 3.01. The maximum atomic E-state index is 12.7. The standard InChI is InChI=1S/C10H11FO3/c1-6-5-8(11)3-4-9(6)14-7(2)10(12)13/h3-5,7H,1-2H3,(H,12,13)/t7-/m0/s1. The van der Waals surface area contributed by atoms with Gasteiger partial charge in [0, 0.05) is 0 Å². The molecule has 0 radical (unpaired) electrons. The Kier molecular flexibility index (Phi) is 3.06. The van der Waals surface area contributed by atoms with Crippen molar-refractivity contribution in [3.8, 4) is 5.75 Å². The minimum absolute atomic E-state index is 0.363. The molecule has 1 N–H and O–H groups in total. The summed E-state index contributed by atoms with van der Waals surface area (Å²) in [5.74, 6) is -1.02. The summed E-state index contributed by atoms with van der Waals surface area (Å²) in [5, 5.41) is 8.59. The molecule has 76 valence electrons. The first-order valence-electron chi connectivity index (χ1n) is 4.16. The van der Waals surface area contributed by atoms with Crippen LogP contribution in [-0.2, 0) is 4.79 Å². The van der Waals surface area contributed by atoms with Gasteiger partial charge in [0.15, 0.2) is 6.10 Å². The maximum absolute atomic E-state index is 12.7. The maximum Gasteiger partial charge on any atom is 0.344 e. The lowest BCUT2D eigenvalue weighted by molar-refractivity contribution is -0.144. The normalized spacial score (nSPS) is 12.2. The zero-order valence-corrected chi connectivity index (χ0v) is 7.95. The zero-order chi connectivity index (χ0) is 10.7. The quantitative estimate of drug-likeness (QED) is 0.807. The van der Waals surface area contributed by atoms with Crippen LogP contribution in [0.5, 0.6) is 5.75 Å². The minimum Gasteiger partial charge on any atom is -0.479 e. The first-order chi connectivity index (χ1) is 6.50. The molecule has 1 atom stereocenters. The molecule has 0 fully saturated rings. The average molecular weight is 198 g/mol. The van der Waals surface area contributed by atoms with Crippen LogP contribution in [0.4, 0.5) is 4.39 Å². The number of aryl methyl sites for hydroxylation is 1. The van der Waals surface area contributed by atoms with Crippen molar-refractivity contribution >= 4 is 5.97 Å². The van der Waals surface area contributed by atoms with Crippen LogP contribution in [0.25, 0.3) is 0 Å². The van der Waals surface area contributed by atoms with Gasteiger partial charge in [-0.2, -0.15) is 0 Å². The van der Waals surface area contributed by atoms with Crippen LogP contribution >= 0.6 is 0 Å². The predicted octanol–water partition coefficient (Wildman–Crippen LogP) is 1.99. The lowest BCUT2D eigenvalue weighted by atomic mass is 10.2. The highest BCUT2D eigenvalue weighted by atomic mass is 19.1. The van der Waals surface area contributed by atoms with E-state index < -0.39 is 12.1 Å². The minimum atomic E-state index is -1.05. The lowest BCUT2D eigenvalue weighted by Crippen LogP contribution is -2.23. The SMILES string of the molecule is Cc1cc(F)ccc1O[C@@H](C)C(=O)O. The molecule has 1 aromatic rings. The molecule has 0 aliphatic carbocycles. The van der Waals surface area contributed by atoms with E-state index in [0.717, 1.165) is 0 Å². The number of benzene rings is 1. The van der Waals surface area contributed by atoms with Crippen LogP contribution in [-0.4, -0.2) is 17.2 Å². The smallest absolute Gasteiger partial charge is 0.344 e. The van der Waals surface area contributed by atoms with E-state index in [1.165, 1.54) is 25.1 Å². The molecule has 1 rings (SSSR count). The van der Waals surface area contributed by atoms with E-state index >= 15 is 0 Å². The number of hydrogen-bond donors (Lipinski definition) is 1. The van der Waals surface area contributed by atoms with Crippen molar-refractivity contribution in [3.63, 3.8) is 0 Å². The summed E-state index contributed by atoms with van der Waals surface area (Å²) in [6, 6.07) is 3.95. The highest BCUT2D eigenvalue weighted by Crippen LogP contribution is 2.19. The third kappa shape index (κ3) is 2.45. The van der Waals surface area contributed by atoms with E-state index in [-0.39, 0.29) is 5.82 Å². The Bertz CT molecular complexity index is 349. The van der Waals surface area contributed by atoms with E-state index in [1.807, 2.05) is 0 Å². The van der Waals surface area contributed by atoms with Gasteiger partial charge in [0.25, 0.3) is 0 Å². The van der Waals surface area contributed by atoms with Gasteiger partial charge in [-0.25, -0.2) is 9.18 Å². The van der Waals surface area contributed by atoms with E-state index in [0.29, 0.717) is 11.3 Å². The fourth-order valence-corrected chi connectivity index (χ4v) is 0.986. The van der Waals surface area contributed by atoms with Crippen molar-refractivity contribution in [2.24, 2.45) is 0 Å². The summed E-state index contributed by atoms with van der Waals surface area (Å²) >= 11 is 0. The number of carbonyl (C=O) groups is 1. The molecule has 0 amide bonds. The van der Waals surface area contributed by atoms with Crippen molar-refractivity contribution in [1.29, 1.82) is 0 Å². The monoisotopic (exact) mass is 198 g/mol. The Morgan fingerprint density at radius 1 is 1.57 bits per heavy atom. The Hall–Kier alpha value is -1.58. The largest absolute Gasteiger partial charge is 0.479 e. The molecule has 0 heterocycles. The predicted molar refractivity (Wildman–Crippen MR) is 48.9 cm³/mol. The van der Waals surface area contributed by atoms with Crippen LogP contribution in [0.1, 0.15) is 12.5 Å². The summed E-state index contributed by atoms with van der Waals surface area (Å²) in [7, 11) is 0. The van der Waals surface area contributed by atoms with Gasteiger partial charge in [0.2, 0.25) is 0 Å². The molecule has 1 aromatic carbocycles. The Morgan fingerprint density at radius 3 is 2.71 bits per heavy atom. The number of halogens is 1. The molecule has 0 aliphatic heterocycles. The van der Waals surface area contributed by atoms with Gasteiger partial charge in [-0.15, -0.1) is 0 Å². The molecule has 0 bridgehead atoms. The summed E-state index contributed by atoms with van der Waals surface area (Å²) in [6.45, 7) is 3.08. The molecule has 14 heavy (non-hydrogen) atoms.